The Bertz CT molecular complexity index is 361. The first-order valence-corrected chi connectivity index (χ1v) is 5.51. The Morgan fingerprint density at radius 2 is 2.12 bits per heavy atom. The highest BCUT2D eigenvalue weighted by Gasteiger charge is 2.00. The Morgan fingerprint density at radius 1 is 1.38 bits per heavy atom. The zero-order valence-electron chi connectivity index (χ0n) is 10.2. The summed E-state index contributed by atoms with van der Waals surface area (Å²) < 4.78 is 4.58. The molecule has 0 bridgehead atoms. The summed E-state index contributed by atoms with van der Waals surface area (Å²) in [5.41, 5.74) is 3.63. The fourth-order valence-electron chi connectivity index (χ4n) is 1.57. The number of esters is 1. The van der Waals surface area contributed by atoms with E-state index in [1.54, 1.807) is 0 Å². The molecule has 0 aliphatic heterocycles. The van der Waals surface area contributed by atoms with Crippen molar-refractivity contribution in [3.05, 3.63) is 29.3 Å². The lowest BCUT2D eigenvalue weighted by atomic mass is 10.1. The van der Waals surface area contributed by atoms with E-state index >= 15 is 0 Å². The molecule has 0 aliphatic carbocycles. The van der Waals surface area contributed by atoms with Gasteiger partial charge in [0.05, 0.1) is 7.11 Å². The van der Waals surface area contributed by atoms with Gasteiger partial charge in [-0.05, 0) is 31.9 Å². The van der Waals surface area contributed by atoms with Crippen molar-refractivity contribution in [1.29, 1.82) is 0 Å². The fraction of sp³-hybridized carbons (Fsp3) is 0.462. The van der Waals surface area contributed by atoms with E-state index in [-0.39, 0.29) is 5.97 Å². The van der Waals surface area contributed by atoms with E-state index < -0.39 is 0 Å². The summed E-state index contributed by atoms with van der Waals surface area (Å²) in [7, 11) is 1.42. The monoisotopic (exact) mass is 221 g/mol. The highest BCUT2D eigenvalue weighted by Crippen LogP contribution is 2.15. The molecule has 0 heterocycles. The molecule has 0 atom stereocenters. The van der Waals surface area contributed by atoms with Crippen molar-refractivity contribution < 1.29 is 9.53 Å². The van der Waals surface area contributed by atoms with Gasteiger partial charge in [0.1, 0.15) is 0 Å². The van der Waals surface area contributed by atoms with Crippen LogP contribution < -0.4 is 5.32 Å². The Hall–Kier alpha value is -1.51. The maximum atomic E-state index is 10.9. The molecule has 0 saturated heterocycles. The molecule has 3 heteroatoms. The third kappa shape index (κ3) is 3.93. The first-order chi connectivity index (χ1) is 7.63. The van der Waals surface area contributed by atoms with Gasteiger partial charge in [-0.1, -0.05) is 17.7 Å². The van der Waals surface area contributed by atoms with Crippen LogP contribution in [0.5, 0.6) is 0 Å². The van der Waals surface area contributed by atoms with Crippen LogP contribution in [0.2, 0.25) is 0 Å². The van der Waals surface area contributed by atoms with Gasteiger partial charge >= 0.3 is 5.97 Å². The van der Waals surface area contributed by atoms with Crippen molar-refractivity contribution in [2.24, 2.45) is 0 Å². The summed E-state index contributed by atoms with van der Waals surface area (Å²) in [6.07, 6.45) is 1.26. The number of ether oxygens (including phenoxy) is 1. The predicted octanol–water partition coefficient (Wildman–Crippen LogP) is 2.67. The van der Waals surface area contributed by atoms with E-state index in [1.807, 2.05) is 0 Å². The van der Waals surface area contributed by atoms with Crippen LogP contribution in [0.3, 0.4) is 0 Å². The average Bonchev–Trinajstić information content (AvgIpc) is 2.26. The number of carbonyl (C=O) groups excluding carboxylic acids is 1. The number of methoxy groups -OCH3 is 1. The number of hydrogen-bond donors (Lipinski definition) is 1. The molecule has 1 aromatic carbocycles. The van der Waals surface area contributed by atoms with E-state index in [0.29, 0.717) is 6.42 Å². The fourth-order valence-corrected chi connectivity index (χ4v) is 1.57. The summed E-state index contributed by atoms with van der Waals surface area (Å²) in [5.74, 6) is -0.151. The quantitative estimate of drug-likeness (QED) is 0.613. The van der Waals surface area contributed by atoms with Gasteiger partial charge < -0.3 is 10.1 Å². The van der Waals surface area contributed by atoms with Crippen molar-refractivity contribution in [3.8, 4) is 0 Å². The minimum atomic E-state index is -0.151. The van der Waals surface area contributed by atoms with Gasteiger partial charge in [0.15, 0.2) is 0 Å². The predicted molar refractivity (Wildman–Crippen MR) is 65.7 cm³/mol. The standard InChI is InChI=1S/C13H19NO2/c1-10-6-7-12(11(2)9-10)14-8-4-5-13(15)16-3/h6-7,9,14H,4-5,8H2,1-3H3. The number of aryl methyl sites for hydroxylation is 2. The molecule has 1 rings (SSSR count). The normalized spacial score (nSPS) is 9.94. The molecule has 0 aliphatic rings. The van der Waals surface area contributed by atoms with Gasteiger partial charge in [0.2, 0.25) is 0 Å². The van der Waals surface area contributed by atoms with Crippen LogP contribution in [0.15, 0.2) is 18.2 Å². The van der Waals surface area contributed by atoms with Crippen molar-refractivity contribution in [2.45, 2.75) is 26.7 Å². The first kappa shape index (κ1) is 12.6. The van der Waals surface area contributed by atoms with Crippen molar-refractivity contribution in [2.75, 3.05) is 19.0 Å². The number of rotatable bonds is 5. The zero-order chi connectivity index (χ0) is 12.0. The van der Waals surface area contributed by atoms with Gasteiger partial charge in [-0.15, -0.1) is 0 Å². The molecule has 0 amide bonds. The molecule has 3 nitrogen and oxygen atoms in total. The molecule has 0 radical (unpaired) electrons. The molecule has 0 aromatic heterocycles. The molecule has 88 valence electrons. The maximum Gasteiger partial charge on any atom is 0.305 e. The van der Waals surface area contributed by atoms with E-state index in [0.717, 1.165) is 18.7 Å². The van der Waals surface area contributed by atoms with Gasteiger partial charge in [-0.25, -0.2) is 0 Å². The smallest absolute Gasteiger partial charge is 0.305 e. The van der Waals surface area contributed by atoms with Gasteiger partial charge in [0, 0.05) is 18.7 Å². The Kier molecular flexibility index (Phi) is 4.83. The van der Waals surface area contributed by atoms with Gasteiger partial charge in [-0.2, -0.15) is 0 Å². The third-order valence-corrected chi connectivity index (χ3v) is 2.48. The Labute approximate surface area is 96.8 Å². The summed E-state index contributed by atoms with van der Waals surface area (Å²) in [4.78, 5) is 10.9. The molecule has 0 saturated carbocycles. The Morgan fingerprint density at radius 3 is 2.75 bits per heavy atom. The van der Waals surface area contributed by atoms with E-state index in [2.05, 4.69) is 42.1 Å². The van der Waals surface area contributed by atoms with E-state index in [9.17, 15) is 4.79 Å². The Balaban J connectivity index is 2.35. The molecule has 16 heavy (non-hydrogen) atoms. The SMILES string of the molecule is COC(=O)CCCNc1ccc(C)cc1C. The van der Waals surface area contributed by atoms with E-state index in [4.69, 9.17) is 0 Å². The molecule has 1 N–H and O–H groups in total. The minimum absolute atomic E-state index is 0.151. The molecule has 0 fully saturated rings. The van der Waals surface area contributed by atoms with Crippen LogP contribution in [0.25, 0.3) is 0 Å². The van der Waals surface area contributed by atoms with Crippen LogP contribution in [0, 0.1) is 13.8 Å². The molecular formula is C13H19NO2. The zero-order valence-corrected chi connectivity index (χ0v) is 10.2. The lowest BCUT2D eigenvalue weighted by molar-refractivity contribution is -0.140. The average molecular weight is 221 g/mol. The van der Waals surface area contributed by atoms with Crippen LogP contribution >= 0.6 is 0 Å². The third-order valence-electron chi connectivity index (χ3n) is 2.48. The highest BCUT2D eigenvalue weighted by molar-refractivity contribution is 5.69. The largest absolute Gasteiger partial charge is 0.469 e. The molecule has 0 spiro atoms. The van der Waals surface area contributed by atoms with Crippen molar-refractivity contribution >= 4 is 11.7 Å². The maximum absolute atomic E-state index is 10.9. The number of hydrogen-bond acceptors (Lipinski definition) is 3. The summed E-state index contributed by atoms with van der Waals surface area (Å²) in [6, 6.07) is 6.29. The topological polar surface area (TPSA) is 38.3 Å². The number of anilines is 1. The molecule has 0 unspecified atom stereocenters. The highest BCUT2D eigenvalue weighted by atomic mass is 16.5. The molecule has 1 aromatic rings. The number of carbonyl (C=O) groups is 1. The summed E-state index contributed by atoms with van der Waals surface area (Å²) >= 11 is 0. The number of nitrogens with one attached hydrogen (secondary N) is 1. The van der Waals surface area contributed by atoms with Crippen LogP contribution in [-0.2, 0) is 9.53 Å². The number of benzene rings is 1. The van der Waals surface area contributed by atoms with Gasteiger partial charge in [-0.3, -0.25) is 4.79 Å². The minimum Gasteiger partial charge on any atom is -0.469 e. The summed E-state index contributed by atoms with van der Waals surface area (Å²) in [5, 5.41) is 3.31. The lowest BCUT2D eigenvalue weighted by Gasteiger charge is -2.09. The van der Waals surface area contributed by atoms with Crippen molar-refractivity contribution in [1.82, 2.24) is 0 Å². The van der Waals surface area contributed by atoms with Crippen LogP contribution in [0.4, 0.5) is 5.69 Å². The summed E-state index contributed by atoms with van der Waals surface area (Å²) in [6.45, 7) is 4.95. The second-order valence-electron chi connectivity index (χ2n) is 3.92. The van der Waals surface area contributed by atoms with Crippen LogP contribution in [-0.4, -0.2) is 19.6 Å². The second-order valence-corrected chi connectivity index (χ2v) is 3.92. The van der Waals surface area contributed by atoms with Gasteiger partial charge in [0.25, 0.3) is 0 Å². The van der Waals surface area contributed by atoms with E-state index in [1.165, 1.54) is 18.2 Å². The lowest BCUT2D eigenvalue weighted by Crippen LogP contribution is -2.07. The van der Waals surface area contributed by atoms with Crippen molar-refractivity contribution in [3.63, 3.8) is 0 Å². The van der Waals surface area contributed by atoms with Crippen LogP contribution in [0.1, 0.15) is 24.0 Å². The second kappa shape index (κ2) is 6.16. The molecular weight excluding hydrogens is 202 g/mol. The first-order valence-electron chi connectivity index (χ1n) is 5.51.